The molecule has 26 heavy (non-hydrogen) atoms. The lowest BCUT2D eigenvalue weighted by molar-refractivity contribution is 0.0696. The Balaban J connectivity index is 1.98. The predicted molar refractivity (Wildman–Crippen MR) is 104 cm³/mol. The molecule has 0 radical (unpaired) electrons. The molecule has 1 aromatic carbocycles. The second kappa shape index (κ2) is 8.75. The molecule has 4 nitrogen and oxygen atoms in total. The summed E-state index contributed by atoms with van der Waals surface area (Å²) in [4.78, 5) is 11.1. The summed E-state index contributed by atoms with van der Waals surface area (Å²) in [5, 5.41) is 19.2. The molecule has 0 fully saturated rings. The van der Waals surface area contributed by atoms with Gasteiger partial charge in [0, 0.05) is 12.0 Å². The van der Waals surface area contributed by atoms with Gasteiger partial charge in [0.05, 0.1) is 5.56 Å². The standard InChI is InChI=1S/C22H28O4/c1-14(2)7-5-8-15(3)9-6-10-20-16(4)11-17-12-18(22(24)25)13-19(23)21(17)26-20/h7,9,12-13,20,23H,4-6,8,10-11H2,1-3H3,(H,24,25). The Hall–Kier alpha value is -2.49. The van der Waals surface area contributed by atoms with E-state index >= 15 is 0 Å². The number of fused-ring (bicyclic) bond motifs is 1. The molecule has 1 atom stereocenters. The summed E-state index contributed by atoms with van der Waals surface area (Å²) in [5.41, 5.74) is 4.35. The minimum absolute atomic E-state index is 0.0611. The first kappa shape index (κ1) is 19.8. The largest absolute Gasteiger partial charge is 0.504 e. The van der Waals surface area contributed by atoms with Crippen molar-refractivity contribution in [3.05, 3.63) is 58.7 Å². The molecule has 0 amide bonds. The Labute approximate surface area is 155 Å². The van der Waals surface area contributed by atoms with Crippen LogP contribution in [0.2, 0.25) is 0 Å². The molecule has 1 unspecified atom stereocenters. The first-order valence-electron chi connectivity index (χ1n) is 9.00. The normalized spacial score (nSPS) is 16.7. The maximum absolute atomic E-state index is 11.1. The van der Waals surface area contributed by atoms with E-state index in [2.05, 4.69) is 39.5 Å². The van der Waals surface area contributed by atoms with Crippen molar-refractivity contribution in [3.8, 4) is 11.5 Å². The van der Waals surface area contributed by atoms with E-state index in [9.17, 15) is 9.90 Å². The van der Waals surface area contributed by atoms with Crippen LogP contribution in [0.3, 0.4) is 0 Å². The molecule has 0 saturated heterocycles. The highest BCUT2D eigenvalue weighted by molar-refractivity contribution is 5.89. The van der Waals surface area contributed by atoms with Gasteiger partial charge in [-0.1, -0.05) is 29.9 Å². The van der Waals surface area contributed by atoms with E-state index in [4.69, 9.17) is 9.84 Å². The fourth-order valence-electron chi connectivity index (χ4n) is 3.08. The number of benzene rings is 1. The number of carboxylic acids is 1. The highest BCUT2D eigenvalue weighted by Crippen LogP contribution is 2.39. The van der Waals surface area contributed by atoms with Crippen molar-refractivity contribution in [1.82, 2.24) is 0 Å². The van der Waals surface area contributed by atoms with Gasteiger partial charge in [-0.15, -0.1) is 0 Å². The van der Waals surface area contributed by atoms with E-state index in [1.807, 2.05) is 0 Å². The molecule has 0 bridgehead atoms. The maximum atomic E-state index is 11.1. The Morgan fingerprint density at radius 1 is 1.27 bits per heavy atom. The predicted octanol–water partition coefficient (Wildman–Crippen LogP) is 5.42. The number of carbonyl (C=O) groups is 1. The van der Waals surface area contributed by atoms with Crippen molar-refractivity contribution in [2.45, 2.75) is 59.0 Å². The molecule has 140 valence electrons. The van der Waals surface area contributed by atoms with Crippen LogP contribution < -0.4 is 4.74 Å². The Bertz CT molecular complexity index is 752. The molecule has 1 aromatic rings. The topological polar surface area (TPSA) is 66.8 Å². The zero-order valence-corrected chi connectivity index (χ0v) is 15.8. The van der Waals surface area contributed by atoms with E-state index < -0.39 is 5.97 Å². The molecular weight excluding hydrogens is 328 g/mol. The van der Waals surface area contributed by atoms with Gasteiger partial charge in [-0.2, -0.15) is 0 Å². The number of rotatable bonds is 7. The molecule has 0 saturated carbocycles. The number of phenolic OH excluding ortho intramolecular Hbond substituents is 1. The van der Waals surface area contributed by atoms with Crippen LogP contribution in [-0.2, 0) is 6.42 Å². The first-order chi connectivity index (χ1) is 12.3. The number of ether oxygens (including phenoxy) is 1. The van der Waals surface area contributed by atoms with Crippen LogP contribution in [0.15, 0.2) is 47.6 Å². The van der Waals surface area contributed by atoms with Crippen LogP contribution in [0, 0.1) is 0 Å². The Morgan fingerprint density at radius 3 is 2.65 bits per heavy atom. The van der Waals surface area contributed by atoms with Gasteiger partial charge >= 0.3 is 5.97 Å². The van der Waals surface area contributed by atoms with E-state index in [1.165, 1.54) is 17.2 Å². The van der Waals surface area contributed by atoms with E-state index in [0.717, 1.165) is 31.3 Å². The van der Waals surface area contributed by atoms with E-state index in [1.54, 1.807) is 6.07 Å². The molecule has 1 aliphatic rings. The number of carboxylic acid groups (broad SMARTS) is 1. The van der Waals surface area contributed by atoms with Crippen LogP contribution in [0.5, 0.6) is 11.5 Å². The fourth-order valence-corrected chi connectivity index (χ4v) is 3.08. The summed E-state index contributed by atoms with van der Waals surface area (Å²) >= 11 is 0. The van der Waals surface area contributed by atoms with Crippen LogP contribution in [0.25, 0.3) is 0 Å². The lowest BCUT2D eigenvalue weighted by atomic mass is 9.93. The third-order valence-corrected chi connectivity index (χ3v) is 4.54. The lowest BCUT2D eigenvalue weighted by Crippen LogP contribution is -2.25. The molecule has 4 heteroatoms. The van der Waals surface area contributed by atoms with Crippen LogP contribution in [-0.4, -0.2) is 22.3 Å². The summed E-state index contributed by atoms with van der Waals surface area (Å²) in [7, 11) is 0. The third kappa shape index (κ3) is 5.25. The van der Waals surface area contributed by atoms with Gasteiger partial charge in [0.1, 0.15) is 6.10 Å². The Kier molecular flexibility index (Phi) is 6.67. The average molecular weight is 356 g/mol. The number of aromatic carboxylic acids is 1. The molecule has 1 aliphatic heterocycles. The van der Waals surface area contributed by atoms with Crippen LogP contribution in [0.4, 0.5) is 0 Å². The van der Waals surface area contributed by atoms with Crippen LogP contribution >= 0.6 is 0 Å². The number of hydrogen-bond acceptors (Lipinski definition) is 3. The SMILES string of the molecule is C=C1Cc2cc(C(=O)O)cc(O)c2OC1CCC=C(C)CCC=C(C)C. The van der Waals surface area contributed by atoms with Crippen molar-refractivity contribution < 1.29 is 19.7 Å². The van der Waals surface area contributed by atoms with Gasteiger partial charge < -0.3 is 14.9 Å². The second-order valence-corrected chi connectivity index (χ2v) is 7.18. The fraction of sp³-hybridized carbons (Fsp3) is 0.409. The summed E-state index contributed by atoms with van der Waals surface area (Å²) in [6, 6.07) is 2.78. The van der Waals surface area contributed by atoms with Crippen molar-refractivity contribution in [3.63, 3.8) is 0 Å². The van der Waals surface area contributed by atoms with Gasteiger partial charge in [-0.05, 0) is 64.2 Å². The molecule has 0 aromatic heterocycles. The quantitative estimate of drug-likeness (QED) is 0.640. The van der Waals surface area contributed by atoms with Crippen molar-refractivity contribution in [2.75, 3.05) is 0 Å². The van der Waals surface area contributed by atoms with Crippen molar-refractivity contribution in [2.24, 2.45) is 0 Å². The summed E-state index contributed by atoms with van der Waals surface area (Å²) in [6.07, 6.45) is 8.63. The second-order valence-electron chi connectivity index (χ2n) is 7.18. The Morgan fingerprint density at radius 2 is 2.00 bits per heavy atom. The van der Waals surface area contributed by atoms with E-state index in [0.29, 0.717) is 17.7 Å². The highest BCUT2D eigenvalue weighted by atomic mass is 16.5. The summed E-state index contributed by atoms with van der Waals surface area (Å²) < 4.78 is 5.92. The molecule has 0 aliphatic carbocycles. The maximum Gasteiger partial charge on any atom is 0.335 e. The van der Waals surface area contributed by atoms with Gasteiger partial charge in [-0.25, -0.2) is 4.79 Å². The molecule has 1 heterocycles. The monoisotopic (exact) mass is 356 g/mol. The number of allylic oxidation sites excluding steroid dienone is 4. The molecule has 2 N–H and O–H groups in total. The van der Waals surface area contributed by atoms with Crippen molar-refractivity contribution >= 4 is 5.97 Å². The average Bonchev–Trinajstić information content (AvgIpc) is 2.55. The summed E-state index contributed by atoms with van der Waals surface area (Å²) in [5.74, 6) is -0.799. The third-order valence-electron chi connectivity index (χ3n) is 4.54. The number of hydrogen-bond donors (Lipinski definition) is 2. The van der Waals surface area contributed by atoms with E-state index in [-0.39, 0.29) is 17.4 Å². The molecule has 0 spiro atoms. The molecule has 2 rings (SSSR count). The van der Waals surface area contributed by atoms with Gasteiger partial charge in [0.15, 0.2) is 11.5 Å². The van der Waals surface area contributed by atoms with Crippen LogP contribution in [0.1, 0.15) is 62.4 Å². The highest BCUT2D eigenvalue weighted by Gasteiger charge is 2.26. The lowest BCUT2D eigenvalue weighted by Gasteiger charge is -2.29. The van der Waals surface area contributed by atoms with Gasteiger partial charge in [0.2, 0.25) is 0 Å². The van der Waals surface area contributed by atoms with Gasteiger partial charge in [-0.3, -0.25) is 0 Å². The summed E-state index contributed by atoms with van der Waals surface area (Å²) in [6.45, 7) is 10.4. The number of aromatic hydroxyl groups is 1. The molecular formula is C22H28O4. The first-order valence-corrected chi connectivity index (χ1v) is 9.00. The van der Waals surface area contributed by atoms with Crippen molar-refractivity contribution in [1.29, 1.82) is 0 Å². The number of phenols is 1. The minimum atomic E-state index is -1.07. The smallest absolute Gasteiger partial charge is 0.335 e. The van der Waals surface area contributed by atoms with Gasteiger partial charge in [0.25, 0.3) is 0 Å². The minimum Gasteiger partial charge on any atom is -0.504 e. The zero-order valence-electron chi connectivity index (χ0n) is 15.8. The zero-order chi connectivity index (χ0) is 19.3.